The Labute approximate surface area is 102 Å². The Morgan fingerprint density at radius 1 is 0.938 bits per heavy atom. The standard InChI is InChI=1S/C14H31NO/c1-11(2)9-12(3,4)15-13(5,6)10-14(7,8)16/h11,15-16H,9-10H2,1-8H3. The SMILES string of the molecule is CC(C)CC(C)(C)NC(C)(C)CC(C)(C)O. The van der Waals surface area contributed by atoms with Gasteiger partial charge in [0.2, 0.25) is 0 Å². The third kappa shape index (κ3) is 8.12. The molecule has 0 heterocycles. The maximum absolute atomic E-state index is 9.89. The molecule has 0 aromatic rings. The smallest absolute Gasteiger partial charge is 0.0609 e. The van der Waals surface area contributed by atoms with E-state index in [1.807, 2.05) is 13.8 Å². The normalized spacial score (nSPS) is 14.6. The summed E-state index contributed by atoms with van der Waals surface area (Å²) in [5, 5.41) is 13.6. The van der Waals surface area contributed by atoms with Crippen molar-refractivity contribution in [3.05, 3.63) is 0 Å². The molecule has 0 aromatic carbocycles. The molecule has 0 aliphatic heterocycles. The van der Waals surface area contributed by atoms with Gasteiger partial charge in [-0.15, -0.1) is 0 Å². The fourth-order valence-electron chi connectivity index (χ4n) is 3.11. The molecule has 0 radical (unpaired) electrons. The molecule has 0 saturated heterocycles. The molecule has 0 aromatic heterocycles. The monoisotopic (exact) mass is 229 g/mol. The Bertz CT molecular complexity index is 211. The van der Waals surface area contributed by atoms with Crippen molar-refractivity contribution in [3.63, 3.8) is 0 Å². The Balaban J connectivity index is 4.45. The van der Waals surface area contributed by atoms with Gasteiger partial charge in [-0.2, -0.15) is 0 Å². The summed E-state index contributed by atoms with van der Waals surface area (Å²) < 4.78 is 0. The lowest BCUT2D eigenvalue weighted by Gasteiger charge is -2.41. The van der Waals surface area contributed by atoms with E-state index in [1.165, 1.54) is 0 Å². The molecule has 0 unspecified atom stereocenters. The van der Waals surface area contributed by atoms with Crippen LogP contribution in [0.5, 0.6) is 0 Å². The minimum Gasteiger partial charge on any atom is -0.390 e. The van der Waals surface area contributed by atoms with Gasteiger partial charge >= 0.3 is 0 Å². The molecular weight excluding hydrogens is 198 g/mol. The first kappa shape index (κ1) is 15.9. The molecule has 2 nitrogen and oxygen atoms in total. The van der Waals surface area contributed by atoms with Crippen molar-refractivity contribution in [2.24, 2.45) is 5.92 Å². The molecule has 0 spiro atoms. The van der Waals surface area contributed by atoms with Crippen molar-refractivity contribution >= 4 is 0 Å². The van der Waals surface area contributed by atoms with Crippen molar-refractivity contribution in [2.45, 2.75) is 84.9 Å². The molecule has 0 aliphatic carbocycles. The summed E-state index contributed by atoms with van der Waals surface area (Å²) in [5.41, 5.74) is -0.552. The third-order valence-electron chi connectivity index (χ3n) is 2.47. The maximum Gasteiger partial charge on any atom is 0.0609 e. The van der Waals surface area contributed by atoms with Crippen molar-refractivity contribution in [3.8, 4) is 0 Å². The quantitative estimate of drug-likeness (QED) is 0.732. The zero-order chi connectivity index (χ0) is 13.2. The lowest BCUT2D eigenvalue weighted by molar-refractivity contribution is 0.0362. The number of rotatable bonds is 6. The van der Waals surface area contributed by atoms with Crippen LogP contribution in [0.15, 0.2) is 0 Å². The average Bonchev–Trinajstić information content (AvgIpc) is 1.69. The van der Waals surface area contributed by atoms with Gasteiger partial charge < -0.3 is 10.4 Å². The Morgan fingerprint density at radius 3 is 1.69 bits per heavy atom. The highest BCUT2D eigenvalue weighted by atomic mass is 16.3. The van der Waals surface area contributed by atoms with Crippen LogP contribution in [0.2, 0.25) is 0 Å². The van der Waals surface area contributed by atoms with Crippen molar-refractivity contribution < 1.29 is 5.11 Å². The minimum atomic E-state index is -0.621. The molecule has 98 valence electrons. The number of aliphatic hydroxyl groups is 1. The van der Waals surface area contributed by atoms with Gasteiger partial charge in [0.15, 0.2) is 0 Å². The van der Waals surface area contributed by atoms with Gasteiger partial charge in [0, 0.05) is 11.1 Å². The Hall–Kier alpha value is -0.0800. The van der Waals surface area contributed by atoms with E-state index < -0.39 is 5.60 Å². The van der Waals surface area contributed by atoms with Crippen LogP contribution < -0.4 is 5.32 Å². The largest absolute Gasteiger partial charge is 0.390 e. The van der Waals surface area contributed by atoms with Gasteiger partial charge in [-0.05, 0) is 60.3 Å². The number of nitrogens with one attached hydrogen (secondary N) is 1. The van der Waals surface area contributed by atoms with Crippen molar-refractivity contribution in [2.75, 3.05) is 0 Å². The summed E-state index contributed by atoms with van der Waals surface area (Å²) in [7, 11) is 0. The molecule has 0 fully saturated rings. The third-order valence-corrected chi connectivity index (χ3v) is 2.47. The minimum absolute atomic E-state index is 0.0450. The van der Waals surface area contributed by atoms with Gasteiger partial charge in [0.1, 0.15) is 0 Å². The maximum atomic E-state index is 9.89. The van der Waals surface area contributed by atoms with Crippen LogP contribution in [0.1, 0.15) is 68.2 Å². The highest BCUT2D eigenvalue weighted by molar-refractivity contribution is 4.92. The lowest BCUT2D eigenvalue weighted by Crippen LogP contribution is -2.54. The van der Waals surface area contributed by atoms with Crippen LogP contribution in [-0.4, -0.2) is 21.8 Å². The van der Waals surface area contributed by atoms with Gasteiger partial charge in [0.25, 0.3) is 0 Å². The topological polar surface area (TPSA) is 32.3 Å². The molecule has 0 rings (SSSR count). The number of hydrogen-bond donors (Lipinski definition) is 2. The second-order valence-electron chi connectivity index (χ2n) is 7.48. The molecule has 0 aliphatic rings. The van der Waals surface area contributed by atoms with Gasteiger partial charge in [-0.3, -0.25) is 0 Å². The molecular formula is C14H31NO. The van der Waals surface area contributed by atoms with Crippen LogP contribution in [0.4, 0.5) is 0 Å². The van der Waals surface area contributed by atoms with E-state index in [2.05, 4.69) is 46.9 Å². The Kier molecular flexibility index (Phi) is 5.03. The van der Waals surface area contributed by atoms with Crippen LogP contribution >= 0.6 is 0 Å². The van der Waals surface area contributed by atoms with E-state index in [9.17, 15) is 5.11 Å². The number of hydrogen-bond acceptors (Lipinski definition) is 2. The molecule has 2 N–H and O–H groups in total. The molecule has 16 heavy (non-hydrogen) atoms. The summed E-state index contributed by atoms with van der Waals surface area (Å²) in [6, 6.07) is 0. The first-order chi connectivity index (χ1) is 6.83. The summed E-state index contributed by atoms with van der Waals surface area (Å²) >= 11 is 0. The van der Waals surface area contributed by atoms with Crippen LogP contribution in [0.3, 0.4) is 0 Å². The van der Waals surface area contributed by atoms with Gasteiger partial charge in [-0.1, -0.05) is 13.8 Å². The van der Waals surface area contributed by atoms with Crippen LogP contribution in [0, 0.1) is 5.92 Å². The second-order valence-corrected chi connectivity index (χ2v) is 7.48. The Morgan fingerprint density at radius 2 is 1.38 bits per heavy atom. The summed E-state index contributed by atoms with van der Waals surface area (Å²) in [6.07, 6.45) is 1.89. The van der Waals surface area contributed by atoms with E-state index >= 15 is 0 Å². The highest BCUT2D eigenvalue weighted by Gasteiger charge is 2.32. The van der Waals surface area contributed by atoms with E-state index in [0.717, 1.165) is 12.8 Å². The first-order valence-electron chi connectivity index (χ1n) is 6.35. The van der Waals surface area contributed by atoms with E-state index in [4.69, 9.17) is 0 Å². The predicted octanol–water partition coefficient (Wildman–Crippen LogP) is 3.34. The average molecular weight is 229 g/mol. The zero-order valence-electron chi connectivity index (χ0n) is 12.4. The molecule has 0 atom stereocenters. The fourth-order valence-corrected chi connectivity index (χ4v) is 3.11. The summed E-state index contributed by atoms with van der Waals surface area (Å²) in [5.74, 6) is 0.681. The zero-order valence-corrected chi connectivity index (χ0v) is 12.4. The first-order valence-corrected chi connectivity index (χ1v) is 6.35. The van der Waals surface area contributed by atoms with Gasteiger partial charge in [0.05, 0.1) is 5.60 Å². The highest BCUT2D eigenvalue weighted by Crippen LogP contribution is 2.25. The molecule has 0 bridgehead atoms. The fraction of sp³-hybridized carbons (Fsp3) is 1.00. The van der Waals surface area contributed by atoms with Crippen molar-refractivity contribution in [1.29, 1.82) is 0 Å². The van der Waals surface area contributed by atoms with Crippen LogP contribution in [0.25, 0.3) is 0 Å². The molecule has 2 heteroatoms. The summed E-state index contributed by atoms with van der Waals surface area (Å²) in [4.78, 5) is 0. The van der Waals surface area contributed by atoms with E-state index in [-0.39, 0.29) is 11.1 Å². The molecule has 0 amide bonds. The predicted molar refractivity (Wildman–Crippen MR) is 71.7 cm³/mol. The molecule has 0 saturated carbocycles. The summed E-state index contributed by atoms with van der Waals surface area (Å²) in [6.45, 7) is 17.0. The van der Waals surface area contributed by atoms with Crippen molar-refractivity contribution in [1.82, 2.24) is 5.32 Å². The van der Waals surface area contributed by atoms with Crippen LogP contribution in [-0.2, 0) is 0 Å². The van der Waals surface area contributed by atoms with E-state index in [0.29, 0.717) is 5.92 Å². The van der Waals surface area contributed by atoms with E-state index in [1.54, 1.807) is 0 Å². The van der Waals surface area contributed by atoms with Gasteiger partial charge in [-0.25, -0.2) is 0 Å². The second kappa shape index (κ2) is 5.05. The lowest BCUT2D eigenvalue weighted by atomic mass is 9.84.